The zero-order valence-corrected chi connectivity index (χ0v) is 11.0. The van der Waals surface area contributed by atoms with Crippen molar-refractivity contribution in [3.05, 3.63) is 47.5 Å². The molecule has 0 bridgehead atoms. The number of aromatic amines is 1. The molecule has 5 nitrogen and oxygen atoms in total. The predicted octanol–water partition coefficient (Wildman–Crippen LogP) is 2.58. The number of aromatic nitrogens is 3. The summed E-state index contributed by atoms with van der Waals surface area (Å²) in [5.74, 6) is -0.439. The maximum Gasteiger partial charge on any atom is 0.279 e. The minimum atomic E-state index is -2.68. The quantitative estimate of drug-likeness (QED) is 0.936. The number of hydrogen-bond acceptors (Lipinski definition) is 3. The summed E-state index contributed by atoms with van der Waals surface area (Å²) >= 11 is 0. The second-order valence-corrected chi connectivity index (χ2v) is 4.36. The van der Waals surface area contributed by atoms with Crippen molar-refractivity contribution in [2.24, 2.45) is 0 Å². The lowest BCUT2D eigenvalue weighted by molar-refractivity contribution is 0.0734. The van der Waals surface area contributed by atoms with Gasteiger partial charge in [0.25, 0.3) is 12.3 Å². The zero-order chi connectivity index (χ0) is 14.7. The highest BCUT2D eigenvalue weighted by atomic mass is 19.3. The molecule has 2 aromatic heterocycles. The summed E-state index contributed by atoms with van der Waals surface area (Å²) in [6, 6.07) is 6.18. The van der Waals surface area contributed by atoms with Gasteiger partial charge in [0, 0.05) is 13.2 Å². The lowest BCUT2D eigenvalue weighted by Gasteiger charge is -2.23. The van der Waals surface area contributed by atoms with Crippen LogP contribution < -0.4 is 0 Å². The molecule has 0 saturated heterocycles. The molecule has 0 saturated carbocycles. The minimum absolute atomic E-state index is 0.0365. The summed E-state index contributed by atoms with van der Waals surface area (Å²) in [6.45, 7) is 1.81. The Bertz CT molecular complexity index is 585. The van der Waals surface area contributed by atoms with Crippen LogP contribution in [0.3, 0.4) is 0 Å². The molecule has 106 valence electrons. The molecule has 1 atom stereocenters. The van der Waals surface area contributed by atoms with Crippen LogP contribution >= 0.6 is 0 Å². The Hall–Kier alpha value is -2.31. The van der Waals surface area contributed by atoms with Crippen molar-refractivity contribution in [1.82, 2.24) is 20.1 Å². The Labute approximate surface area is 114 Å². The molecule has 1 N–H and O–H groups in total. The Balaban J connectivity index is 2.15. The van der Waals surface area contributed by atoms with E-state index in [9.17, 15) is 13.6 Å². The average Bonchev–Trinajstić information content (AvgIpc) is 2.96. The highest BCUT2D eigenvalue weighted by Crippen LogP contribution is 2.20. The van der Waals surface area contributed by atoms with Crippen LogP contribution in [0.5, 0.6) is 0 Å². The number of amides is 1. The number of halogens is 2. The van der Waals surface area contributed by atoms with Crippen LogP contribution in [0.4, 0.5) is 8.78 Å². The van der Waals surface area contributed by atoms with E-state index in [1.807, 2.05) is 6.07 Å². The van der Waals surface area contributed by atoms with Gasteiger partial charge < -0.3 is 4.90 Å². The van der Waals surface area contributed by atoms with Crippen LogP contribution in [-0.4, -0.2) is 33.0 Å². The maximum absolute atomic E-state index is 12.5. The molecule has 0 aliphatic carbocycles. The lowest BCUT2D eigenvalue weighted by Crippen LogP contribution is -2.30. The van der Waals surface area contributed by atoms with Crippen molar-refractivity contribution in [3.63, 3.8) is 0 Å². The van der Waals surface area contributed by atoms with Crippen LogP contribution in [-0.2, 0) is 0 Å². The Morgan fingerprint density at radius 1 is 1.40 bits per heavy atom. The number of alkyl halides is 2. The van der Waals surface area contributed by atoms with Gasteiger partial charge in [0.1, 0.15) is 5.69 Å². The minimum Gasteiger partial charge on any atom is -0.332 e. The first-order chi connectivity index (χ1) is 9.50. The van der Waals surface area contributed by atoms with E-state index in [1.54, 1.807) is 32.3 Å². The van der Waals surface area contributed by atoms with Crippen molar-refractivity contribution in [2.45, 2.75) is 19.4 Å². The first kappa shape index (κ1) is 14.1. The standard InChI is InChI=1S/C13H14F2N4O/c1-8(9-5-3-4-6-16-9)19(2)13(20)11-7-10(12(14)15)17-18-11/h3-8,12H,1-2H3,(H,17,18)/t8-/m1/s1. The molecule has 20 heavy (non-hydrogen) atoms. The molecule has 2 heterocycles. The van der Waals surface area contributed by atoms with Gasteiger partial charge in [-0.1, -0.05) is 6.07 Å². The SMILES string of the molecule is C[C@H](c1ccccn1)N(C)C(=O)c1cc(C(F)F)[nH]n1. The summed E-state index contributed by atoms with van der Waals surface area (Å²) in [5, 5.41) is 5.77. The van der Waals surface area contributed by atoms with Crippen LogP contribution in [0.2, 0.25) is 0 Å². The van der Waals surface area contributed by atoms with E-state index in [1.165, 1.54) is 4.90 Å². The fourth-order valence-electron chi connectivity index (χ4n) is 1.74. The van der Waals surface area contributed by atoms with Gasteiger partial charge >= 0.3 is 0 Å². The fourth-order valence-corrected chi connectivity index (χ4v) is 1.74. The van der Waals surface area contributed by atoms with Crippen LogP contribution in [0.1, 0.15) is 41.3 Å². The molecule has 0 unspecified atom stereocenters. The third kappa shape index (κ3) is 2.81. The van der Waals surface area contributed by atoms with Gasteiger partial charge in [-0.2, -0.15) is 5.10 Å². The van der Waals surface area contributed by atoms with E-state index in [2.05, 4.69) is 15.2 Å². The third-order valence-corrected chi connectivity index (χ3v) is 3.07. The van der Waals surface area contributed by atoms with Gasteiger partial charge in [-0.05, 0) is 25.1 Å². The molecular formula is C13H14F2N4O. The average molecular weight is 280 g/mol. The van der Waals surface area contributed by atoms with E-state index in [0.717, 1.165) is 6.07 Å². The third-order valence-electron chi connectivity index (χ3n) is 3.07. The Morgan fingerprint density at radius 2 is 2.15 bits per heavy atom. The second kappa shape index (κ2) is 5.77. The molecule has 1 amide bonds. The summed E-state index contributed by atoms with van der Waals surface area (Å²) in [5.41, 5.74) is 0.311. The predicted molar refractivity (Wildman–Crippen MR) is 68.3 cm³/mol. The molecule has 0 aliphatic heterocycles. The first-order valence-corrected chi connectivity index (χ1v) is 6.02. The molecule has 2 rings (SSSR count). The van der Waals surface area contributed by atoms with Gasteiger partial charge in [0.15, 0.2) is 5.69 Å². The van der Waals surface area contributed by atoms with Crippen molar-refractivity contribution >= 4 is 5.91 Å². The van der Waals surface area contributed by atoms with Gasteiger partial charge in [-0.25, -0.2) is 8.78 Å². The summed E-state index contributed by atoms with van der Waals surface area (Å²) < 4.78 is 24.9. The molecule has 0 spiro atoms. The summed E-state index contributed by atoms with van der Waals surface area (Å²) in [4.78, 5) is 17.7. The maximum atomic E-state index is 12.5. The largest absolute Gasteiger partial charge is 0.332 e. The normalized spacial score (nSPS) is 12.4. The van der Waals surface area contributed by atoms with Crippen molar-refractivity contribution in [3.8, 4) is 0 Å². The van der Waals surface area contributed by atoms with Crippen molar-refractivity contribution in [2.75, 3.05) is 7.05 Å². The van der Waals surface area contributed by atoms with Crippen molar-refractivity contribution in [1.29, 1.82) is 0 Å². The van der Waals surface area contributed by atoms with Gasteiger partial charge in [-0.15, -0.1) is 0 Å². The molecule has 0 aliphatic rings. The fraction of sp³-hybridized carbons (Fsp3) is 0.308. The number of pyridine rings is 1. The van der Waals surface area contributed by atoms with Gasteiger partial charge in [0.05, 0.1) is 11.7 Å². The Kier molecular flexibility index (Phi) is 4.07. The van der Waals surface area contributed by atoms with Crippen LogP contribution in [0.15, 0.2) is 30.5 Å². The molecule has 0 radical (unpaired) electrons. The lowest BCUT2D eigenvalue weighted by atomic mass is 10.2. The zero-order valence-electron chi connectivity index (χ0n) is 11.0. The van der Waals surface area contributed by atoms with E-state index in [-0.39, 0.29) is 17.4 Å². The summed E-state index contributed by atoms with van der Waals surface area (Å²) in [7, 11) is 1.58. The molecule has 2 aromatic rings. The number of carbonyl (C=O) groups is 1. The topological polar surface area (TPSA) is 61.9 Å². The van der Waals surface area contributed by atoms with E-state index >= 15 is 0 Å². The molecule has 0 aromatic carbocycles. The van der Waals surface area contributed by atoms with Crippen LogP contribution in [0.25, 0.3) is 0 Å². The van der Waals surface area contributed by atoms with Crippen molar-refractivity contribution < 1.29 is 13.6 Å². The van der Waals surface area contributed by atoms with Gasteiger partial charge in [0.2, 0.25) is 0 Å². The molecule has 0 fully saturated rings. The Morgan fingerprint density at radius 3 is 2.70 bits per heavy atom. The van der Waals surface area contributed by atoms with E-state index < -0.39 is 12.3 Å². The molecular weight excluding hydrogens is 266 g/mol. The highest BCUT2D eigenvalue weighted by molar-refractivity contribution is 5.92. The van der Waals surface area contributed by atoms with Gasteiger partial charge in [-0.3, -0.25) is 14.9 Å². The smallest absolute Gasteiger partial charge is 0.279 e. The first-order valence-electron chi connectivity index (χ1n) is 6.02. The number of nitrogens with one attached hydrogen (secondary N) is 1. The number of nitrogens with zero attached hydrogens (tertiary/aromatic N) is 3. The monoisotopic (exact) mass is 280 g/mol. The van der Waals surface area contributed by atoms with E-state index in [0.29, 0.717) is 5.69 Å². The van der Waals surface area contributed by atoms with Crippen LogP contribution in [0, 0.1) is 0 Å². The number of rotatable bonds is 4. The highest BCUT2D eigenvalue weighted by Gasteiger charge is 2.23. The summed E-state index contributed by atoms with van der Waals surface area (Å²) in [6.07, 6.45) is -1.05. The number of H-pyrrole nitrogens is 1. The number of hydrogen-bond donors (Lipinski definition) is 1. The molecule has 7 heteroatoms. The number of carbonyl (C=O) groups excluding carboxylic acids is 1. The second-order valence-electron chi connectivity index (χ2n) is 4.36. The van der Waals surface area contributed by atoms with E-state index in [4.69, 9.17) is 0 Å².